The van der Waals surface area contributed by atoms with Crippen molar-refractivity contribution in [3.8, 4) is 5.75 Å². The molecule has 0 heterocycles. The van der Waals surface area contributed by atoms with E-state index >= 15 is 0 Å². The van der Waals surface area contributed by atoms with E-state index in [1.165, 1.54) is 0 Å². The zero-order chi connectivity index (χ0) is 15.1. The van der Waals surface area contributed by atoms with Crippen LogP contribution in [-0.4, -0.2) is 38.9 Å². The topological polar surface area (TPSA) is 70.8 Å². The van der Waals surface area contributed by atoms with Gasteiger partial charge in [0.1, 0.15) is 19.0 Å². The molecular formula is C15H25NO4. The fraction of sp³-hybridized carbons (Fsp3) is 0.533. The number of hydrogen-bond acceptors (Lipinski definition) is 4. The fourth-order valence-corrected chi connectivity index (χ4v) is 1.27. The molecule has 0 aliphatic heterocycles. The first-order valence-corrected chi connectivity index (χ1v) is 6.90. The van der Waals surface area contributed by atoms with Crippen LogP contribution < -0.4 is 10.5 Å². The third kappa shape index (κ3) is 11.5. The predicted octanol–water partition coefficient (Wildman–Crippen LogP) is 2.00. The van der Waals surface area contributed by atoms with Crippen molar-refractivity contribution in [1.29, 1.82) is 0 Å². The molecule has 1 amide bonds. The molecule has 0 saturated carbocycles. The molecule has 0 aliphatic carbocycles. The van der Waals surface area contributed by atoms with Crippen molar-refractivity contribution >= 4 is 5.91 Å². The predicted molar refractivity (Wildman–Crippen MR) is 78.7 cm³/mol. The van der Waals surface area contributed by atoms with E-state index in [1.807, 2.05) is 44.2 Å². The van der Waals surface area contributed by atoms with Gasteiger partial charge in [-0.05, 0) is 18.6 Å². The van der Waals surface area contributed by atoms with Gasteiger partial charge in [-0.15, -0.1) is 0 Å². The Kier molecular flexibility index (Phi) is 12.7. The first-order chi connectivity index (χ1) is 9.79. The summed E-state index contributed by atoms with van der Waals surface area (Å²) in [6, 6.07) is 9.59. The summed E-state index contributed by atoms with van der Waals surface area (Å²) in [5, 5.41) is 0. The highest BCUT2D eigenvalue weighted by Crippen LogP contribution is 2.07. The Morgan fingerprint density at radius 1 is 1.00 bits per heavy atom. The van der Waals surface area contributed by atoms with Crippen LogP contribution >= 0.6 is 0 Å². The van der Waals surface area contributed by atoms with Gasteiger partial charge in [-0.3, -0.25) is 4.79 Å². The number of rotatable bonds is 10. The second-order valence-corrected chi connectivity index (χ2v) is 3.65. The van der Waals surface area contributed by atoms with Gasteiger partial charge in [0.2, 0.25) is 5.91 Å². The van der Waals surface area contributed by atoms with Crippen LogP contribution in [0.5, 0.6) is 5.75 Å². The van der Waals surface area contributed by atoms with Crippen LogP contribution in [0.15, 0.2) is 30.3 Å². The van der Waals surface area contributed by atoms with Crippen molar-refractivity contribution in [2.45, 2.75) is 20.3 Å². The molecule has 0 saturated heterocycles. The SMILES string of the molecule is CC.NC(=O)COCCCOCCOc1ccccc1. The lowest BCUT2D eigenvalue weighted by molar-refractivity contribution is -0.122. The molecule has 1 rings (SSSR count). The Balaban J connectivity index is 0.00000172. The minimum absolute atomic E-state index is 0.0306. The zero-order valence-corrected chi connectivity index (χ0v) is 12.3. The summed E-state index contributed by atoms with van der Waals surface area (Å²) in [6.07, 6.45) is 0.735. The second kappa shape index (κ2) is 13.8. The summed E-state index contributed by atoms with van der Waals surface area (Å²) >= 11 is 0. The van der Waals surface area contributed by atoms with Crippen molar-refractivity contribution in [2.24, 2.45) is 5.73 Å². The van der Waals surface area contributed by atoms with Gasteiger partial charge in [-0.1, -0.05) is 32.0 Å². The van der Waals surface area contributed by atoms with Crippen molar-refractivity contribution in [2.75, 3.05) is 33.0 Å². The van der Waals surface area contributed by atoms with E-state index in [1.54, 1.807) is 0 Å². The van der Waals surface area contributed by atoms with Crippen LogP contribution in [0.2, 0.25) is 0 Å². The fourth-order valence-electron chi connectivity index (χ4n) is 1.27. The number of benzene rings is 1. The normalized spacial score (nSPS) is 9.50. The van der Waals surface area contributed by atoms with Crippen LogP contribution in [0.3, 0.4) is 0 Å². The quantitative estimate of drug-likeness (QED) is 0.667. The lowest BCUT2D eigenvalue weighted by Crippen LogP contribution is -2.18. The molecule has 2 N–H and O–H groups in total. The monoisotopic (exact) mass is 283 g/mol. The molecule has 5 heteroatoms. The van der Waals surface area contributed by atoms with Crippen molar-refractivity contribution in [3.63, 3.8) is 0 Å². The van der Waals surface area contributed by atoms with E-state index in [2.05, 4.69) is 0 Å². The van der Waals surface area contributed by atoms with E-state index in [0.29, 0.717) is 26.4 Å². The minimum atomic E-state index is -0.452. The van der Waals surface area contributed by atoms with Crippen LogP contribution in [0, 0.1) is 0 Å². The first-order valence-electron chi connectivity index (χ1n) is 6.90. The zero-order valence-electron chi connectivity index (χ0n) is 12.3. The molecule has 0 bridgehead atoms. The molecule has 0 unspecified atom stereocenters. The third-order valence-corrected chi connectivity index (χ3v) is 2.06. The summed E-state index contributed by atoms with van der Waals surface area (Å²) in [7, 11) is 0. The second-order valence-electron chi connectivity index (χ2n) is 3.65. The van der Waals surface area contributed by atoms with Crippen LogP contribution in [0.1, 0.15) is 20.3 Å². The Labute approximate surface area is 121 Å². The maximum atomic E-state index is 10.4. The molecule has 1 aromatic carbocycles. The molecule has 1 aromatic rings. The van der Waals surface area contributed by atoms with Crippen LogP contribution in [-0.2, 0) is 14.3 Å². The van der Waals surface area contributed by atoms with Gasteiger partial charge in [-0.25, -0.2) is 0 Å². The average Bonchev–Trinajstić information content (AvgIpc) is 2.48. The molecule has 0 fully saturated rings. The van der Waals surface area contributed by atoms with Gasteiger partial charge in [0.15, 0.2) is 0 Å². The molecule has 114 valence electrons. The number of carbonyl (C=O) groups excluding carboxylic acids is 1. The number of ether oxygens (including phenoxy) is 3. The number of nitrogens with two attached hydrogens (primary N) is 1. The first kappa shape index (κ1) is 18.4. The lowest BCUT2D eigenvalue weighted by atomic mass is 10.3. The van der Waals surface area contributed by atoms with E-state index in [0.717, 1.165) is 12.2 Å². The van der Waals surface area contributed by atoms with Gasteiger partial charge in [0.05, 0.1) is 6.61 Å². The summed E-state index contributed by atoms with van der Waals surface area (Å²) in [4.78, 5) is 10.4. The molecule has 5 nitrogen and oxygen atoms in total. The highest BCUT2D eigenvalue weighted by Gasteiger charge is 1.95. The van der Waals surface area contributed by atoms with Gasteiger partial charge < -0.3 is 19.9 Å². The lowest BCUT2D eigenvalue weighted by Gasteiger charge is -2.07. The number of primary amides is 1. The summed E-state index contributed by atoms with van der Waals surface area (Å²) < 4.78 is 15.8. The van der Waals surface area contributed by atoms with Gasteiger partial charge in [0.25, 0.3) is 0 Å². The van der Waals surface area contributed by atoms with E-state index < -0.39 is 5.91 Å². The average molecular weight is 283 g/mol. The van der Waals surface area contributed by atoms with Crippen molar-refractivity contribution < 1.29 is 19.0 Å². The standard InChI is InChI=1S/C13H19NO4.C2H6/c14-13(15)11-17-8-4-7-16-9-10-18-12-5-2-1-3-6-12;1-2/h1-3,5-6H,4,7-11H2,(H2,14,15);1-2H3. The molecular weight excluding hydrogens is 258 g/mol. The molecule has 0 spiro atoms. The van der Waals surface area contributed by atoms with E-state index in [-0.39, 0.29) is 6.61 Å². The number of para-hydroxylation sites is 1. The minimum Gasteiger partial charge on any atom is -0.491 e. The Morgan fingerprint density at radius 3 is 2.30 bits per heavy atom. The number of hydrogen-bond donors (Lipinski definition) is 1. The van der Waals surface area contributed by atoms with E-state index in [9.17, 15) is 4.79 Å². The summed E-state index contributed by atoms with van der Waals surface area (Å²) in [5.74, 6) is 0.387. The molecule has 0 aromatic heterocycles. The highest BCUT2D eigenvalue weighted by molar-refractivity contribution is 5.74. The summed E-state index contributed by atoms with van der Waals surface area (Å²) in [6.45, 7) is 6.08. The van der Waals surface area contributed by atoms with E-state index in [4.69, 9.17) is 19.9 Å². The maximum absolute atomic E-state index is 10.4. The van der Waals surface area contributed by atoms with Gasteiger partial charge >= 0.3 is 0 Å². The number of carbonyl (C=O) groups is 1. The Bertz CT molecular complexity index is 330. The van der Waals surface area contributed by atoms with Crippen LogP contribution in [0.25, 0.3) is 0 Å². The highest BCUT2D eigenvalue weighted by atomic mass is 16.5. The third-order valence-electron chi connectivity index (χ3n) is 2.06. The largest absolute Gasteiger partial charge is 0.491 e. The smallest absolute Gasteiger partial charge is 0.243 e. The molecule has 0 radical (unpaired) electrons. The molecule has 0 aliphatic rings. The van der Waals surface area contributed by atoms with Gasteiger partial charge in [0, 0.05) is 13.2 Å². The van der Waals surface area contributed by atoms with Gasteiger partial charge in [-0.2, -0.15) is 0 Å². The number of amides is 1. The molecule has 20 heavy (non-hydrogen) atoms. The molecule has 0 atom stereocenters. The van der Waals surface area contributed by atoms with Crippen molar-refractivity contribution in [1.82, 2.24) is 0 Å². The summed E-state index contributed by atoms with van der Waals surface area (Å²) in [5.41, 5.74) is 4.92. The van der Waals surface area contributed by atoms with Crippen molar-refractivity contribution in [3.05, 3.63) is 30.3 Å². The Hall–Kier alpha value is -1.59. The van der Waals surface area contributed by atoms with Crippen LogP contribution in [0.4, 0.5) is 0 Å². The maximum Gasteiger partial charge on any atom is 0.243 e. The Morgan fingerprint density at radius 2 is 1.65 bits per heavy atom.